The number of carbonyl (C=O) groups excluding carboxylic acids is 1. The molecule has 2 atom stereocenters. The molecule has 0 bridgehead atoms. The minimum atomic E-state index is -4.18. The van der Waals surface area contributed by atoms with Crippen LogP contribution in [0.5, 0.6) is 0 Å². The Morgan fingerprint density at radius 2 is 1.92 bits per heavy atom. The lowest BCUT2D eigenvalue weighted by molar-refractivity contribution is -0.163. The van der Waals surface area contributed by atoms with Gasteiger partial charge in [0.05, 0.1) is 18.9 Å². The van der Waals surface area contributed by atoms with Crippen LogP contribution in [0.3, 0.4) is 0 Å². The van der Waals surface area contributed by atoms with Gasteiger partial charge < -0.3 is 10.5 Å². The maximum atomic E-state index is 12.8. The van der Waals surface area contributed by atoms with Crippen LogP contribution in [0.15, 0.2) is 30.4 Å². The van der Waals surface area contributed by atoms with Crippen molar-refractivity contribution in [3.05, 3.63) is 47.0 Å². The van der Waals surface area contributed by atoms with Crippen LogP contribution in [-0.4, -0.2) is 18.8 Å². The minimum absolute atomic E-state index is 0.0741. The van der Waals surface area contributed by atoms with Crippen LogP contribution in [0.4, 0.5) is 13.2 Å². The zero-order chi connectivity index (χ0) is 17.7. The van der Waals surface area contributed by atoms with Crippen molar-refractivity contribution in [2.75, 3.05) is 6.61 Å². The molecule has 1 aromatic rings. The lowest BCUT2D eigenvalue weighted by Gasteiger charge is -2.25. The van der Waals surface area contributed by atoms with Gasteiger partial charge in [-0.25, -0.2) is 0 Å². The lowest BCUT2D eigenvalue weighted by Crippen LogP contribution is -2.23. The molecule has 0 aromatic heterocycles. The topological polar surface area (TPSA) is 52.3 Å². The third-order valence-corrected chi connectivity index (χ3v) is 4.18. The first-order chi connectivity index (χ1) is 11.3. The van der Waals surface area contributed by atoms with Crippen LogP contribution in [0, 0.1) is 5.92 Å². The van der Waals surface area contributed by atoms with Gasteiger partial charge >= 0.3 is 12.1 Å². The second-order valence-electron chi connectivity index (χ2n) is 5.99. The van der Waals surface area contributed by atoms with Crippen molar-refractivity contribution in [2.24, 2.45) is 11.7 Å². The molecule has 2 N–H and O–H groups in total. The quantitative estimate of drug-likeness (QED) is 0.653. The van der Waals surface area contributed by atoms with Gasteiger partial charge in [0.1, 0.15) is 0 Å². The van der Waals surface area contributed by atoms with Gasteiger partial charge in [-0.1, -0.05) is 30.4 Å². The van der Waals surface area contributed by atoms with Crippen LogP contribution in [0.1, 0.15) is 42.4 Å². The standard InChI is InChI=1S/C18H22F3NO2/c1-2-24-17(23)10-12-7-13(11-22)9-15(8-12)14-3-5-16(6-4-14)18(19,20)21/h3,5,7-9,14,16H,2,4,6,10-11,22H2,1H3. The Labute approximate surface area is 139 Å². The van der Waals surface area contributed by atoms with Gasteiger partial charge in [0.15, 0.2) is 0 Å². The van der Waals surface area contributed by atoms with Crippen molar-refractivity contribution in [1.29, 1.82) is 0 Å². The summed E-state index contributed by atoms with van der Waals surface area (Å²) in [4.78, 5) is 11.7. The molecule has 0 saturated heterocycles. The molecule has 1 aliphatic rings. The van der Waals surface area contributed by atoms with E-state index in [1.165, 1.54) is 6.08 Å². The summed E-state index contributed by atoms with van der Waals surface area (Å²) < 4.78 is 43.2. The van der Waals surface area contributed by atoms with Crippen LogP contribution in [0.2, 0.25) is 0 Å². The smallest absolute Gasteiger partial charge is 0.395 e. The summed E-state index contributed by atoms with van der Waals surface area (Å²) >= 11 is 0. The number of esters is 1. The van der Waals surface area contributed by atoms with Gasteiger partial charge in [-0.2, -0.15) is 13.2 Å². The summed E-state index contributed by atoms with van der Waals surface area (Å²) in [6.45, 7) is 2.36. The van der Waals surface area contributed by atoms with Gasteiger partial charge in [0.2, 0.25) is 0 Å². The average Bonchev–Trinajstić information content (AvgIpc) is 2.54. The lowest BCUT2D eigenvalue weighted by atomic mass is 9.83. The molecule has 0 heterocycles. The Kier molecular flexibility index (Phi) is 6.04. The third kappa shape index (κ3) is 4.84. The molecule has 0 fully saturated rings. The molecule has 6 heteroatoms. The largest absolute Gasteiger partial charge is 0.466 e. The molecule has 0 radical (unpaired) electrons. The van der Waals surface area contributed by atoms with Crippen molar-refractivity contribution in [1.82, 2.24) is 0 Å². The van der Waals surface area contributed by atoms with Crippen LogP contribution in [0.25, 0.3) is 0 Å². The van der Waals surface area contributed by atoms with E-state index in [0.717, 1.165) is 16.7 Å². The summed E-state index contributed by atoms with van der Waals surface area (Å²) in [5.41, 5.74) is 8.24. The molecule has 0 amide bonds. The molecule has 2 rings (SSSR count). The monoisotopic (exact) mass is 341 g/mol. The molecule has 0 saturated carbocycles. The van der Waals surface area contributed by atoms with E-state index in [1.54, 1.807) is 13.0 Å². The van der Waals surface area contributed by atoms with E-state index < -0.39 is 12.1 Å². The zero-order valence-corrected chi connectivity index (χ0v) is 13.6. The van der Waals surface area contributed by atoms with Crippen molar-refractivity contribution >= 4 is 5.97 Å². The van der Waals surface area contributed by atoms with Gasteiger partial charge in [-0.3, -0.25) is 4.79 Å². The number of ether oxygens (including phenoxy) is 1. The fraction of sp³-hybridized carbons (Fsp3) is 0.500. The Hall–Kier alpha value is -1.82. The number of allylic oxidation sites excluding steroid dienone is 2. The van der Waals surface area contributed by atoms with Gasteiger partial charge in [-0.15, -0.1) is 0 Å². The van der Waals surface area contributed by atoms with Crippen molar-refractivity contribution < 1.29 is 22.7 Å². The van der Waals surface area contributed by atoms with Gasteiger partial charge in [-0.05, 0) is 36.5 Å². The SMILES string of the molecule is CCOC(=O)Cc1cc(CN)cc(C2C=CC(C(F)(F)F)CC2)c1. The highest BCUT2D eigenvalue weighted by atomic mass is 19.4. The number of rotatable bonds is 5. The molecule has 132 valence electrons. The molecular weight excluding hydrogens is 319 g/mol. The predicted octanol–water partition coefficient (Wildman–Crippen LogP) is 3.86. The second-order valence-corrected chi connectivity index (χ2v) is 5.99. The number of benzene rings is 1. The molecule has 0 aliphatic heterocycles. The van der Waals surface area contributed by atoms with E-state index in [2.05, 4.69) is 0 Å². The van der Waals surface area contributed by atoms with Gasteiger partial charge in [0, 0.05) is 12.5 Å². The molecule has 1 aliphatic carbocycles. The molecule has 3 nitrogen and oxygen atoms in total. The van der Waals surface area contributed by atoms with Crippen molar-refractivity contribution in [2.45, 2.75) is 44.8 Å². The minimum Gasteiger partial charge on any atom is -0.466 e. The third-order valence-electron chi connectivity index (χ3n) is 4.18. The molecule has 0 spiro atoms. The van der Waals surface area contributed by atoms with E-state index in [4.69, 9.17) is 10.5 Å². The second kappa shape index (κ2) is 7.83. The van der Waals surface area contributed by atoms with Gasteiger partial charge in [0.25, 0.3) is 0 Å². The Morgan fingerprint density at radius 3 is 2.46 bits per heavy atom. The summed E-state index contributed by atoms with van der Waals surface area (Å²) in [6.07, 6.45) is -0.691. The highest BCUT2D eigenvalue weighted by molar-refractivity contribution is 5.72. The number of hydrogen-bond acceptors (Lipinski definition) is 3. The van der Waals surface area contributed by atoms with E-state index in [1.807, 2.05) is 18.2 Å². The normalized spacial score (nSPS) is 20.9. The van der Waals surface area contributed by atoms with Crippen molar-refractivity contribution in [3.63, 3.8) is 0 Å². The number of alkyl halides is 3. The predicted molar refractivity (Wildman–Crippen MR) is 85.3 cm³/mol. The van der Waals surface area contributed by atoms with Crippen LogP contribution < -0.4 is 5.73 Å². The number of hydrogen-bond donors (Lipinski definition) is 1. The number of halogens is 3. The first-order valence-corrected chi connectivity index (χ1v) is 8.07. The van der Waals surface area contributed by atoms with Crippen LogP contribution >= 0.6 is 0 Å². The molecule has 24 heavy (non-hydrogen) atoms. The Morgan fingerprint density at radius 1 is 1.21 bits per heavy atom. The first kappa shape index (κ1) is 18.5. The number of carbonyl (C=O) groups is 1. The van der Waals surface area contributed by atoms with E-state index in [-0.39, 0.29) is 24.7 Å². The van der Waals surface area contributed by atoms with E-state index >= 15 is 0 Å². The number of nitrogens with two attached hydrogens (primary N) is 1. The summed E-state index contributed by atoms with van der Waals surface area (Å²) in [5, 5.41) is 0. The molecular formula is C18H22F3NO2. The highest BCUT2D eigenvalue weighted by Crippen LogP contribution is 2.38. The molecule has 2 unspecified atom stereocenters. The Bertz CT molecular complexity index is 611. The van der Waals surface area contributed by atoms with Crippen molar-refractivity contribution in [3.8, 4) is 0 Å². The van der Waals surface area contributed by atoms with Crippen LogP contribution in [-0.2, 0) is 22.5 Å². The summed E-state index contributed by atoms with van der Waals surface area (Å²) in [7, 11) is 0. The molecule has 1 aromatic carbocycles. The highest BCUT2D eigenvalue weighted by Gasteiger charge is 2.39. The summed E-state index contributed by atoms with van der Waals surface area (Å²) in [6, 6.07) is 5.60. The Balaban J connectivity index is 2.19. The fourth-order valence-corrected chi connectivity index (χ4v) is 2.97. The fourth-order valence-electron chi connectivity index (χ4n) is 2.97. The maximum Gasteiger partial charge on any atom is 0.395 e. The first-order valence-electron chi connectivity index (χ1n) is 8.07. The van der Waals surface area contributed by atoms with E-state index in [9.17, 15) is 18.0 Å². The summed E-state index contributed by atoms with van der Waals surface area (Å²) in [5.74, 6) is -1.78. The average molecular weight is 341 g/mol. The maximum absolute atomic E-state index is 12.8. The van der Waals surface area contributed by atoms with E-state index in [0.29, 0.717) is 19.6 Å². The zero-order valence-electron chi connectivity index (χ0n) is 13.6.